The summed E-state index contributed by atoms with van der Waals surface area (Å²) in [6.45, 7) is 2.25. The van der Waals surface area contributed by atoms with Gasteiger partial charge in [0.15, 0.2) is 0 Å². The Hall–Kier alpha value is -2.23. The summed E-state index contributed by atoms with van der Waals surface area (Å²) in [4.78, 5) is 13.6. The molecule has 0 radical (unpaired) electrons. The first-order valence-electron chi connectivity index (χ1n) is 6.58. The van der Waals surface area contributed by atoms with Gasteiger partial charge in [0, 0.05) is 23.7 Å². The molecule has 2 unspecified atom stereocenters. The summed E-state index contributed by atoms with van der Waals surface area (Å²) in [7, 11) is 0. The normalized spacial score (nSPS) is 21.7. The van der Waals surface area contributed by atoms with Gasteiger partial charge in [0.05, 0.1) is 5.52 Å². The van der Waals surface area contributed by atoms with Gasteiger partial charge in [-0.1, -0.05) is 19.1 Å². The van der Waals surface area contributed by atoms with E-state index < -0.39 is 0 Å². The summed E-state index contributed by atoms with van der Waals surface area (Å²) in [6, 6.07) is 8.15. The monoisotopic (exact) mass is 250 g/mol. The molecule has 4 heteroatoms. The third-order valence-corrected chi connectivity index (χ3v) is 3.79. The Bertz CT molecular complexity index is 733. The maximum atomic E-state index is 4.77. The van der Waals surface area contributed by atoms with E-state index in [4.69, 9.17) is 9.97 Å². The van der Waals surface area contributed by atoms with Gasteiger partial charge in [0.2, 0.25) is 0 Å². The van der Waals surface area contributed by atoms with Crippen molar-refractivity contribution < 1.29 is 0 Å². The smallest absolute Gasteiger partial charge is 0.149 e. The number of hydrogen-bond acceptors (Lipinski definition) is 3. The summed E-state index contributed by atoms with van der Waals surface area (Å²) in [6.07, 6.45) is 6.68. The van der Waals surface area contributed by atoms with Crippen molar-refractivity contribution in [2.24, 2.45) is 5.92 Å². The highest BCUT2D eigenvalue weighted by atomic mass is 15.1. The van der Waals surface area contributed by atoms with Gasteiger partial charge in [-0.2, -0.15) is 0 Å². The second-order valence-corrected chi connectivity index (χ2v) is 5.21. The standard InChI is InChI=1S/C15H14N4/c1-10-8-12(10)14-17-13-5-3-2-4-11(13)15(18-14)19-7-6-16-9-19/h2-7,9-10,12H,8H2,1H3. The number of nitrogens with zero attached hydrogens (tertiary/aromatic N) is 4. The lowest BCUT2D eigenvalue weighted by atomic mass is 10.2. The molecule has 0 amide bonds. The Balaban J connectivity index is 1.98. The first-order valence-corrected chi connectivity index (χ1v) is 6.58. The molecule has 94 valence electrons. The predicted octanol–water partition coefficient (Wildman–Crippen LogP) is 2.94. The van der Waals surface area contributed by atoms with Gasteiger partial charge in [-0.15, -0.1) is 0 Å². The van der Waals surface area contributed by atoms with Crippen molar-refractivity contribution in [1.29, 1.82) is 0 Å². The Morgan fingerprint density at radius 3 is 2.79 bits per heavy atom. The average Bonchev–Trinajstić information content (AvgIpc) is 2.95. The highest BCUT2D eigenvalue weighted by Gasteiger charge is 2.37. The quantitative estimate of drug-likeness (QED) is 0.702. The van der Waals surface area contributed by atoms with Crippen LogP contribution in [0.1, 0.15) is 25.1 Å². The van der Waals surface area contributed by atoms with Crippen molar-refractivity contribution in [3.8, 4) is 5.82 Å². The summed E-state index contributed by atoms with van der Waals surface area (Å²) >= 11 is 0. The molecule has 1 fully saturated rings. The van der Waals surface area contributed by atoms with Gasteiger partial charge < -0.3 is 0 Å². The van der Waals surface area contributed by atoms with Gasteiger partial charge in [0.25, 0.3) is 0 Å². The van der Waals surface area contributed by atoms with E-state index in [0.717, 1.165) is 22.5 Å². The lowest BCUT2D eigenvalue weighted by molar-refractivity contribution is 0.836. The molecule has 0 N–H and O–H groups in total. The molecule has 0 bridgehead atoms. The molecule has 1 aliphatic rings. The van der Waals surface area contributed by atoms with Crippen LogP contribution in [0.15, 0.2) is 43.0 Å². The van der Waals surface area contributed by atoms with Crippen molar-refractivity contribution in [2.45, 2.75) is 19.3 Å². The largest absolute Gasteiger partial charge is 0.290 e. The van der Waals surface area contributed by atoms with Crippen LogP contribution in [0, 0.1) is 5.92 Å². The van der Waals surface area contributed by atoms with Crippen LogP contribution < -0.4 is 0 Å². The summed E-state index contributed by atoms with van der Waals surface area (Å²) in [5.41, 5.74) is 1.01. The van der Waals surface area contributed by atoms with E-state index in [2.05, 4.69) is 18.0 Å². The number of fused-ring (bicyclic) bond motifs is 1. The predicted molar refractivity (Wildman–Crippen MR) is 73.2 cm³/mol. The van der Waals surface area contributed by atoms with Gasteiger partial charge in [-0.25, -0.2) is 15.0 Å². The number of aromatic nitrogens is 4. The van der Waals surface area contributed by atoms with Crippen molar-refractivity contribution in [3.05, 3.63) is 48.8 Å². The lowest BCUT2D eigenvalue weighted by Gasteiger charge is -2.08. The van der Waals surface area contributed by atoms with Crippen LogP contribution in [-0.2, 0) is 0 Å². The summed E-state index contributed by atoms with van der Waals surface area (Å²) in [5.74, 6) is 3.12. The zero-order valence-electron chi connectivity index (χ0n) is 10.7. The zero-order valence-corrected chi connectivity index (χ0v) is 10.7. The molecule has 2 heterocycles. The molecule has 1 aromatic carbocycles. The molecule has 0 spiro atoms. The van der Waals surface area contributed by atoms with Gasteiger partial charge in [-0.05, 0) is 24.5 Å². The zero-order chi connectivity index (χ0) is 12.8. The van der Waals surface area contributed by atoms with Crippen LogP contribution in [-0.4, -0.2) is 19.5 Å². The first-order chi connectivity index (χ1) is 9.33. The fourth-order valence-corrected chi connectivity index (χ4v) is 2.51. The lowest BCUT2D eigenvalue weighted by Crippen LogP contribution is -2.02. The third kappa shape index (κ3) is 1.71. The van der Waals surface area contributed by atoms with Crippen LogP contribution in [0.5, 0.6) is 0 Å². The number of hydrogen-bond donors (Lipinski definition) is 0. The molecule has 4 rings (SSSR count). The van der Waals surface area contributed by atoms with Crippen LogP contribution in [0.2, 0.25) is 0 Å². The molecular weight excluding hydrogens is 236 g/mol. The van der Waals surface area contributed by atoms with Crippen molar-refractivity contribution in [2.75, 3.05) is 0 Å². The highest BCUT2D eigenvalue weighted by molar-refractivity contribution is 5.85. The van der Waals surface area contributed by atoms with E-state index in [-0.39, 0.29) is 0 Å². The van der Waals surface area contributed by atoms with Crippen molar-refractivity contribution in [1.82, 2.24) is 19.5 Å². The SMILES string of the molecule is CC1CC1c1nc(-n2ccnc2)c2ccccc2n1. The minimum absolute atomic E-state index is 0.520. The van der Waals surface area contributed by atoms with Crippen molar-refractivity contribution >= 4 is 10.9 Å². The molecule has 2 aromatic heterocycles. The Morgan fingerprint density at radius 2 is 2.05 bits per heavy atom. The summed E-state index contributed by atoms with van der Waals surface area (Å²) < 4.78 is 1.96. The van der Waals surface area contributed by atoms with Crippen molar-refractivity contribution in [3.63, 3.8) is 0 Å². The minimum Gasteiger partial charge on any atom is -0.290 e. The van der Waals surface area contributed by atoms with Crippen LogP contribution >= 0.6 is 0 Å². The Labute approximate surface area is 111 Å². The number of rotatable bonds is 2. The molecule has 0 saturated heterocycles. The Morgan fingerprint density at radius 1 is 1.21 bits per heavy atom. The maximum Gasteiger partial charge on any atom is 0.149 e. The van der Waals surface area contributed by atoms with Crippen LogP contribution in [0.25, 0.3) is 16.7 Å². The second kappa shape index (κ2) is 3.88. The van der Waals surface area contributed by atoms with Gasteiger partial charge in [0.1, 0.15) is 18.0 Å². The average molecular weight is 250 g/mol. The second-order valence-electron chi connectivity index (χ2n) is 5.21. The fraction of sp³-hybridized carbons (Fsp3) is 0.267. The van der Waals surface area contributed by atoms with E-state index in [0.29, 0.717) is 11.8 Å². The van der Waals surface area contributed by atoms with E-state index in [1.165, 1.54) is 6.42 Å². The highest BCUT2D eigenvalue weighted by Crippen LogP contribution is 2.45. The fourth-order valence-electron chi connectivity index (χ4n) is 2.51. The molecule has 1 aliphatic carbocycles. The summed E-state index contributed by atoms with van der Waals surface area (Å²) in [5, 5.41) is 1.07. The molecule has 2 atom stereocenters. The molecule has 1 saturated carbocycles. The molecule has 0 aliphatic heterocycles. The van der Waals surface area contributed by atoms with E-state index >= 15 is 0 Å². The first kappa shape index (κ1) is 10.7. The maximum absolute atomic E-state index is 4.77. The number of benzene rings is 1. The molecular formula is C15H14N4. The number of para-hydroxylation sites is 1. The topological polar surface area (TPSA) is 43.6 Å². The minimum atomic E-state index is 0.520. The van der Waals surface area contributed by atoms with E-state index in [1.54, 1.807) is 12.5 Å². The molecule has 3 aromatic rings. The number of imidazole rings is 1. The van der Waals surface area contributed by atoms with E-state index in [9.17, 15) is 0 Å². The van der Waals surface area contributed by atoms with E-state index in [1.807, 2.05) is 29.0 Å². The van der Waals surface area contributed by atoms with Crippen LogP contribution in [0.4, 0.5) is 0 Å². The molecule has 4 nitrogen and oxygen atoms in total. The van der Waals surface area contributed by atoms with Gasteiger partial charge >= 0.3 is 0 Å². The van der Waals surface area contributed by atoms with Gasteiger partial charge in [-0.3, -0.25) is 4.57 Å². The molecule has 19 heavy (non-hydrogen) atoms. The van der Waals surface area contributed by atoms with Crippen LogP contribution in [0.3, 0.4) is 0 Å². The third-order valence-electron chi connectivity index (χ3n) is 3.79. The Kier molecular flexibility index (Phi) is 2.18.